The molecule has 0 amide bonds. The smallest absolute Gasteiger partial charge is 0.164 e. The van der Waals surface area contributed by atoms with E-state index in [4.69, 9.17) is 21.5 Å². The Morgan fingerprint density at radius 2 is 0.877 bits per heavy atom. The number of nitrogens with zero attached hydrogens (tertiary/aromatic N) is 4. The minimum atomic E-state index is -0.328. The average Bonchev–Trinajstić information content (AvgIpc) is 3.57. The molecule has 0 fully saturated rings. The molecule has 1 aliphatic carbocycles. The summed E-state index contributed by atoms with van der Waals surface area (Å²) in [4.78, 5) is 17.6. The molecule has 1 aromatic heterocycles. The number of aryl methyl sites for hydroxylation is 1. The van der Waals surface area contributed by atoms with Gasteiger partial charge in [-0.1, -0.05) is 202 Å². The van der Waals surface area contributed by atoms with Crippen molar-refractivity contribution < 1.29 is 0 Å². The normalized spacial score (nSPS) is 14.9. The first-order valence-electron chi connectivity index (χ1n) is 22.2. The molecular formula is C61H46N4. The Morgan fingerprint density at radius 3 is 1.38 bits per heavy atom. The van der Waals surface area contributed by atoms with E-state index in [1.54, 1.807) is 0 Å². The molecule has 0 saturated carbocycles. The predicted octanol–water partition coefficient (Wildman–Crippen LogP) is 15.4. The van der Waals surface area contributed by atoms with E-state index in [-0.39, 0.29) is 5.41 Å². The highest BCUT2D eigenvalue weighted by Crippen LogP contribution is 2.55. The first-order valence-corrected chi connectivity index (χ1v) is 22.2. The zero-order valence-electron chi connectivity index (χ0n) is 36.7. The van der Waals surface area contributed by atoms with E-state index in [0.717, 1.165) is 50.2 Å². The lowest BCUT2D eigenvalue weighted by molar-refractivity contribution is 0.661. The number of rotatable bonds is 7. The Kier molecular flexibility index (Phi) is 9.85. The summed E-state index contributed by atoms with van der Waals surface area (Å²) in [6.07, 6.45) is 4.44. The van der Waals surface area contributed by atoms with Gasteiger partial charge < -0.3 is 4.90 Å². The van der Waals surface area contributed by atoms with Crippen LogP contribution in [0.3, 0.4) is 0 Å². The van der Waals surface area contributed by atoms with E-state index >= 15 is 0 Å². The Morgan fingerprint density at radius 1 is 0.446 bits per heavy atom. The molecule has 2 heterocycles. The first kappa shape index (κ1) is 39.6. The molecule has 1 aliphatic heterocycles. The van der Waals surface area contributed by atoms with Crippen molar-refractivity contribution in [2.45, 2.75) is 26.2 Å². The van der Waals surface area contributed by atoms with Gasteiger partial charge in [0.15, 0.2) is 17.5 Å². The third-order valence-electron chi connectivity index (χ3n) is 13.0. The molecule has 0 atom stereocenters. The Labute approximate surface area is 381 Å². The minimum absolute atomic E-state index is 0.328. The SMILES string of the molecule is C=C1/C(=C2\c3c(C)cccc3C=CN2c2ccccc2)C(C)(C)c2cc(-c3ccc(-c4nc(-c5ccc(-c6ccccc6)cc5)nc(-c5ccc(-c6ccccc6)cc5)n4)cc3)ccc21. The van der Waals surface area contributed by atoms with Crippen molar-refractivity contribution in [2.24, 2.45) is 0 Å². The Balaban J connectivity index is 0.959. The first-order chi connectivity index (χ1) is 31.8. The summed E-state index contributed by atoms with van der Waals surface area (Å²) < 4.78 is 0. The molecule has 4 heteroatoms. The van der Waals surface area contributed by atoms with Crippen molar-refractivity contribution >= 4 is 23.0 Å². The van der Waals surface area contributed by atoms with Crippen LogP contribution >= 0.6 is 0 Å². The molecule has 65 heavy (non-hydrogen) atoms. The van der Waals surface area contributed by atoms with Crippen LogP contribution in [-0.4, -0.2) is 15.0 Å². The third kappa shape index (κ3) is 7.19. The van der Waals surface area contributed by atoms with E-state index < -0.39 is 0 Å². The minimum Gasteiger partial charge on any atom is -0.316 e. The lowest BCUT2D eigenvalue weighted by atomic mass is 9.78. The summed E-state index contributed by atoms with van der Waals surface area (Å²) in [5, 5.41) is 0. The number of aromatic nitrogens is 3. The number of fused-ring (bicyclic) bond motifs is 2. The number of hydrogen-bond acceptors (Lipinski definition) is 4. The maximum Gasteiger partial charge on any atom is 0.164 e. The lowest BCUT2D eigenvalue weighted by Crippen LogP contribution is -2.26. The third-order valence-corrected chi connectivity index (χ3v) is 13.0. The molecule has 0 unspecified atom stereocenters. The summed E-state index contributed by atoms with van der Waals surface area (Å²) in [7, 11) is 0. The summed E-state index contributed by atoms with van der Waals surface area (Å²) in [5.41, 5.74) is 20.2. The largest absolute Gasteiger partial charge is 0.316 e. The number of allylic oxidation sites excluding steroid dienone is 2. The fraction of sp³-hybridized carbons (Fsp3) is 0.0656. The van der Waals surface area contributed by atoms with Crippen LogP contribution in [0.25, 0.3) is 84.9 Å². The monoisotopic (exact) mass is 834 g/mol. The van der Waals surface area contributed by atoms with Gasteiger partial charge in [-0.3, -0.25) is 0 Å². The molecule has 2 aliphatic rings. The molecule has 4 nitrogen and oxygen atoms in total. The van der Waals surface area contributed by atoms with Crippen LogP contribution in [0, 0.1) is 6.92 Å². The maximum absolute atomic E-state index is 5.10. The van der Waals surface area contributed by atoms with Crippen molar-refractivity contribution in [1.29, 1.82) is 0 Å². The van der Waals surface area contributed by atoms with Gasteiger partial charge in [0, 0.05) is 39.6 Å². The second kappa shape index (κ2) is 16.2. The highest BCUT2D eigenvalue weighted by molar-refractivity contribution is 6.04. The summed E-state index contributed by atoms with van der Waals surface area (Å²) in [6.45, 7) is 11.7. The van der Waals surface area contributed by atoms with Gasteiger partial charge in [-0.15, -0.1) is 0 Å². The van der Waals surface area contributed by atoms with E-state index in [2.05, 4.69) is 226 Å². The van der Waals surface area contributed by atoms with Crippen LogP contribution in [-0.2, 0) is 5.41 Å². The Hall–Kier alpha value is -8.21. The zero-order chi connectivity index (χ0) is 44.1. The maximum atomic E-state index is 5.10. The fourth-order valence-electron chi connectivity index (χ4n) is 9.60. The van der Waals surface area contributed by atoms with E-state index in [1.165, 1.54) is 50.2 Å². The van der Waals surface area contributed by atoms with Gasteiger partial charge in [0.05, 0.1) is 5.70 Å². The molecule has 0 radical (unpaired) electrons. The van der Waals surface area contributed by atoms with Gasteiger partial charge in [-0.2, -0.15) is 0 Å². The molecule has 0 N–H and O–H groups in total. The van der Waals surface area contributed by atoms with Gasteiger partial charge in [-0.25, -0.2) is 15.0 Å². The summed E-state index contributed by atoms with van der Waals surface area (Å²) in [5.74, 6) is 1.88. The van der Waals surface area contributed by atoms with Crippen molar-refractivity contribution in [3.05, 3.63) is 246 Å². The van der Waals surface area contributed by atoms with E-state index in [9.17, 15) is 0 Å². The van der Waals surface area contributed by atoms with E-state index in [0.29, 0.717) is 17.5 Å². The van der Waals surface area contributed by atoms with Gasteiger partial charge >= 0.3 is 0 Å². The zero-order valence-corrected chi connectivity index (χ0v) is 36.7. The van der Waals surface area contributed by atoms with Gasteiger partial charge in [-0.05, 0) is 98.0 Å². The van der Waals surface area contributed by atoms with Crippen molar-refractivity contribution in [3.63, 3.8) is 0 Å². The molecule has 0 spiro atoms. The number of para-hydroxylation sites is 1. The molecule has 9 aromatic rings. The van der Waals surface area contributed by atoms with Gasteiger partial charge in [0.25, 0.3) is 0 Å². The van der Waals surface area contributed by atoms with E-state index in [1.807, 2.05) is 12.1 Å². The molecule has 310 valence electrons. The standard InChI is InChI=1S/C61H46N4/c1-40-15-14-20-47-37-38-65(52-21-12-7-13-22-52)57(55(40)47)56-41(2)53-36-35-51(39-54(53)61(56,3)4)46-27-33-50(34-28-46)60-63-58(48-29-23-44(24-30-48)42-16-8-5-9-17-42)62-59(64-60)49-31-25-45(26-32-49)43-18-10-6-11-19-43/h5-39H,2H2,1,3-4H3/b57-56-. The second-order valence-electron chi connectivity index (χ2n) is 17.4. The fourth-order valence-corrected chi connectivity index (χ4v) is 9.60. The van der Waals surface area contributed by atoms with Crippen LogP contribution in [0.4, 0.5) is 5.69 Å². The molecule has 8 aromatic carbocycles. The second-order valence-corrected chi connectivity index (χ2v) is 17.4. The molecule has 11 rings (SSSR count). The topological polar surface area (TPSA) is 41.9 Å². The van der Waals surface area contributed by atoms with Crippen molar-refractivity contribution in [2.75, 3.05) is 4.90 Å². The van der Waals surface area contributed by atoms with Crippen LogP contribution in [0.15, 0.2) is 219 Å². The number of hydrogen-bond donors (Lipinski definition) is 0. The van der Waals surface area contributed by atoms with Gasteiger partial charge in [0.2, 0.25) is 0 Å². The quantitative estimate of drug-likeness (QED) is 0.160. The van der Waals surface area contributed by atoms with Gasteiger partial charge in [0.1, 0.15) is 0 Å². The lowest BCUT2D eigenvalue weighted by Gasteiger charge is -2.35. The number of anilines is 1. The number of benzene rings is 8. The van der Waals surface area contributed by atoms with Crippen LogP contribution in [0.5, 0.6) is 0 Å². The van der Waals surface area contributed by atoms with Crippen LogP contribution in [0.2, 0.25) is 0 Å². The van der Waals surface area contributed by atoms with Crippen LogP contribution < -0.4 is 4.90 Å². The molecule has 0 bridgehead atoms. The molecule has 0 saturated heterocycles. The molecular weight excluding hydrogens is 789 g/mol. The van der Waals surface area contributed by atoms with Crippen molar-refractivity contribution in [1.82, 2.24) is 15.0 Å². The highest BCUT2D eigenvalue weighted by Gasteiger charge is 2.42. The average molecular weight is 835 g/mol. The Bertz CT molecular complexity index is 3210. The highest BCUT2D eigenvalue weighted by atomic mass is 15.1. The summed E-state index contributed by atoms with van der Waals surface area (Å²) >= 11 is 0. The summed E-state index contributed by atoms with van der Waals surface area (Å²) in [6, 6.07) is 70.5. The predicted molar refractivity (Wildman–Crippen MR) is 271 cm³/mol. The van der Waals surface area contributed by atoms with Crippen molar-refractivity contribution in [3.8, 4) is 67.5 Å². The van der Waals surface area contributed by atoms with Crippen LogP contribution in [0.1, 0.15) is 41.7 Å².